The lowest BCUT2D eigenvalue weighted by Gasteiger charge is -2.25. The van der Waals surface area contributed by atoms with E-state index in [4.69, 9.17) is 0 Å². The van der Waals surface area contributed by atoms with Gasteiger partial charge in [0, 0.05) is 43.8 Å². The maximum atomic E-state index is 12.2. The van der Waals surface area contributed by atoms with Crippen molar-refractivity contribution in [1.29, 1.82) is 0 Å². The number of aromatic nitrogens is 2. The molecule has 2 rings (SSSR count). The standard InChI is InChI=1S/C16H19N3O/c1-13(11-15-5-3-4-8-18-15)19(2)16(20)12-14-6-9-17-10-7-14/h3-10,13H,11-12H2,1-2H3/t13-/m1/s1. The first-order valence-electron chi connectivity index (χ1n) is 6.71. The molecule has 2 aromatic heterocycles. The van der Waals surface area contributed by atoms with Crippen LogP contribution in [0.25, 0.3) is 0 Å². The van der Waals surface area contributed by atoms with Gasteiger partial charge in [0.05, 0.1) is 6.42 Å². The molecule has 104 valence electrons. The highest BCUT2D eigenvalue weighted by atomic mass is 16.2. The average molecular weight is 269 g/mol. The van der Waals surface area contributed by atoms with Crippen molar-refractivity contribution in [2.75, 3.05) is 7.05 Å². The predicted molar refractivity (Wildman–Crippen MR) is 78.1 cm³/mol. The highest BCUT2D eigenvalue weighted by Crippen LogP contribution is 2.08. The Morgan fingerprint density at radius 1 is 1.20 bits per heavy atom. The number of nitrogens with zero attached hydrogens (tertiary/aromatic N) is 3. The summed E-state index contributed by atoms with van der Waals surface area (Å²) in [4.78, 5) is 22.3. The van der Waals surface area contributed by atoms with Crippen molar-refractivity contribution in [3.63, 3.8) is 0 Å². The van der Waals surface area contributed by atoms with Crippen molar-refractivity contribution in [3.05, 3.63) is 60.2 Å². The van der Waals surface area contributed by atoms with Crippen molar-refractivity contribution in [1.82, 2.24) is 14.9 Å². The number of carbonyl (C=O) groups excluding carboxylic acids is 1. The maximum Gasteiger partial charge on any atom is 0.226 e. The molecule has 0 N–H and O–H groups in total. The topological polar surface area (TPSA) is 46.1 Å². The van der Waals surface area contributed by atoms with Gasteiger partial charge in [0.1, 0.15) is 0 Å². The van der Waals surface area contributed by atoms with E-state index < -0.39 is 0 Å². The molecule has 2 aromatic rings. The van der Waals surface area contributed by atoms with Crippen LogP contribution in [0.15, 0.2) is 48.9 Å². The lowest BCUT2D eigenvalue weighted by Crippen LogP contribution is -2.37. The van der Waals surface area contributed by atoms with Gasteiger partial charge in [0.25, 0.3) is 0 Å². The van der Waals surface area contributed by atoms with E-state index >= 15 is 0 Å². The van der Waals surface area contributed by atoms with Gasteiger partial charge < -0.3 is 4.90 Å². The van der Waals surface area contributed by atoms with E-state index in [1.54, 1.807) is 23.5 Å². The summed E-state index contributed by atoms with van der Waals surface area (Å²) in [5.74, 6) is 0.111. The van der Waals surface area contributed by atoms with Gasteiger partial charge in [-0.05, 0) is 36.8 Å². The van der Waals surface area contributed by atoms with E-state index in [0.29, 0.717) is 6.42 Å². The quantitative estimate of drug-likeness (QED) is 0.835. The lowest BCUT2D eigenvalue weighted by molar-refractivity contribution is -0.130. The van der Waals surface area contributed by atoms with Gasteiger partial charge in [-0.15, -0.1) is 0 Å². The SMILES string of the molecule is C[C@H](Cc1ccccn1)N(C)C(=O)Cc1ccncc1. The minimum Gasteiger partial charge on any atom is -0.342 e. The Kier molecular flexibility index (Phi) is 4.82. The van der Waals surface area contributed by atoms with Crippen LogP contribution in [0.2, 0.25) is 0 Å². The minimum absolute atomic E-state index is 0.111. The molecular formula is C16H19N3O. The van der Waals surface area contributed by atoms with Crippen LogP contribution in [0.5, 0.6) is 0 Å². The first-order chi connectivity index (χ1) is 9.66. The Morgan fingerprint density at radius 3 is 2.60 bits per heavy atom. The second kappa shape index (κ2) is 6.80. The van der Waals surface area contributed by atoms with Crippen molar-refractivity contribution >= 4 is 5.91 Å². The number of hydrogen-bond donors (Lipinski definition) is 0. The Bertz CT molecular complexity index is 542. The Labute approximate surface area is 119 Å². The third-order valence-corrected chi connectivity index (χ3v) is 3.39. The van der Waals surface area contributed by atoms with Crippen LogP contribution in [-0.2, 0) is 17.6 Å². The van der Waals surface area contributed by atoms with Crippen LogP contribution in [0, 0.1) is 0 Å². The number of amides is 1. The first-order valence-corrected chi connectivity index (χ1v) is 6.71. The number of carbonyl (C=O) groups is 1. The van der Waals surface area contributed by atoms with Crippen molar-refractivity contribution in [2.24, 2.45) is 0 Å². The molecule has 4 heteroatoms. The van der Waals surface area contributed by atoms with Crippen LogP contribution in [0.1, 0.15) is 18.2 Å². The molecule has 0 spiro atoms. The second-order valence-electron chi connectivity index (χ2n) is 4.91. The highest BCUT2D eigenvalue weighted by Gasteiger charge is 2.16. The fourth-order valence-corrected chi connectivity index (χ4v) is 2.00. The first kappa shape index (κ1) is 14.2. The predicted octanol–water partition coefficient (Wildman–Crippen LogP) is 2.11. The largest absolute Gasteiger partial charge is 0.342 e. The smallest absolute Gasteiger partial charge is 0.226 e. The molecule has 2 heterocycles. The molecule has 4 nitrogen and oxygen atoms in total. The molecule has 0 aromatic carbocycles. The summed E-state index contributed by atoms with van der Waals surface area (Å²) in [6, 6.07) is 9.71. The molecular weight excluding hydrogens is 250 g/mol. The molecule has 1 atom stereocenters. The van der Waals surface area contributed by atoms with Gasteiger partial charge in [-0.2, -0.15) is 0 Å². The summed E-state index contributed by atoms with van der Waals surface area (Å²) >= 11 is 0. The number of likely N-dealkylation sites (N-methyl/N-ethyl adjacent to an activating group) is 1. The summed E-state index contributed by atoms with van der Waals surface area (Å²) in [6.07, 6.45) is 6.37. The van der Waals surface area contributed by atoms with Gasteiger partial charge in [-0.1, -0.05) is 6.07 Å². The van der Waals surface area contributed by atoms with Gasteiger partial charge in [0.15, 0.2) is 0 Å². The van der Waals surface area contributed by atoms with E-state index in [1.165, 1.54) is 0 Å². The fourth-order valence-electron chi connectivity index (χ4n) is 2.00. The second-order valence-corrected chi connectivity index (χ2v) is 4.91. The molecule has 0 aliphatic heterocycles. The fraction of sp³-hybridized carbons (Fsp3) is 0.312. The average Bonchev–Trinajstić information content (AvgIpc) is 2.48. The Hall–Kier alpha value is -2.23. The molecule has 0 unspecified atom stereocenters. The molecule has 0 radical (unpaired) electrons. The monoisotopic (exact) mass is 269 g/mol. The molecule has 0 saturated heterocycles. The Morgan fingerprint density at radius 2 is 1.95 bits per heavy atom. The number of hydrogen-bond acceptors (Lipinski definition) is 3. The van der Waals surface area contributed by atoms with E-state index in [0.717, 1.165) is 17.7 Å². The molecule has 0 saturated carbocycles. The molecule has 0 aliphatic carbocycles. The lowest BCUT2D eigenvalue weighted by atomic mass is 10.1. The molecule has 1 amide bonds. The zero-order valence-electron chi connectivity index (χ0n) is 11.9. The summed E-state index contributed by atoms with van der Waals surface area (Å²) < 4.78 is 0. The summed E-state index contributed by atoms with van der Waals surface area (Å²) in [7, 11) is 1.84. The van der Waals surface area contributed by atoms with Gasteiger partial charge in [-0.25, -0.2) is 0 Å². The summed E-state index contributed by atoms with van der Waals surface area (Å²) in [5.41, 5.74) is 1.99. The number of rotatable bonds is 5. The zero-order valence-corrected chi connectivity index (χ0v) is 11.9. The van der Waals surface area contributed by atoms with Gasteiger partial charge >= 0.3 is 0 Å². The summed E-state index contributed by atoms with van der Waals surface area (Å²) in [6.45, 7) is 2.04. The van der Waals surface area contributed by atoms with E-state index in [1.807, 2.05) is 44.3 Å². The zero-order chi connectivity index (χ0) is 14.4. The molecule has 0 bridgehead atoms. The van der Waals surface area contributed by atoms with Crippen LogP contribution < -0.4 is 0 Å². The minimum atomic E-state index is 0.111. The van der Waals surface area contributed by atoms with E-state index in [2.05, 4.69) is 9.97 Å². The van der Waals surface area contributed by atoms with E-state index in [-0.39, 0.29) is 11.9 Å². The van der Waals surface area contributed by atoms with Crippen LogP contribution >= 0.6 is 0 Å². The Balaban J connectivity index is 1.93. The van der Waals surface area contributed by atoms with E-state index in [9.17, 15) is 4.79 Å². The summed E-state index contributed by atoms with van der Waals surface area (Å²) in [5, 5.41) is 0. The van der Waals surface area contributed by atoms with Crippen molar-refractivity contribution in [2.45, 2.75) is 25.8 Å². The third-order valence-electron chi connectivity index (χ3n) is 3.39. The third kappa shape index (κ3) is 3.88. The molecule has 0 fully saturated rings. The highest BCUT2D eigenvalue weighted by molar-refractivity contribution is 5.78. The molecule has 0 aliphatic rings. The van der Waals surface area contributed by atoms with Crippen LogP contribution in [-0.4, -0.2) is 33.9 Å². The van der Waals surface area contributed by atoms with Gasteiger partial charge in [-0.3, -0.25) is 14.8 Å². The number of pyridine rings is 2. The van der Waals surface area contributed by atoms with Crippen molar-refractivity contribution in [3.8, 4) is 0 Å². The normalized spacial score (nSPS) is 11.9. The maximum absolute atomic E-state index is 12.2. The van der Waals surface area contributed by atoms with Crippen molar-refractivity contribution < 1.29 is 4.79 Å². The molecule has 20 heavy (non-hydrogen) atoms. The van der Waals surface area contributed by atoms with Crippen LogP contribution in [0.3, 0.4) is 0 Å². The van der Waals surface area contributed by atoms with Crippen LogP contribution in [0.4, 0.5) is 0 Å². The van der Waals surface area contributed by atoms with Gasteiger partial charge in [0.2, 0.25) is 5.91 Å².